The second kappa shape index (κ2) is 9.37. The van der Waals surface area contributed by atoms with E-state index in [4.69, 9.17) is 22.8 Å². The third-order valence-corrected chi connectivity index (χ3v) is 4.52. The standard InChI is InChI=1S/C14H12BFN2O2S.C5H12O2/c1-14(2,3)20-13(19)18-12-7(6-17)10-8(15)4-5-9(16)11(10)21-12;1-5(2,3-6)4-7/h4-5H,1-3H3,(H,18,19);6-7H,3-4H2,1-2H3. The molecule has 3 N–H and O–H groups in total. The summed E-state index contributed by atoms with van der Waals surface area (Å²) < 4.78 is 19.2. The molecule has 2 radical (unpaired) electrons. The van der Waals surface area contributed by atoms with Gasteiger partial charge in [0.2, 0.25) is 0 Å². The van der Waals surface area contributed by atoms with E-state index in [-0.39, 0.29) is 39.4 Å². The Balaban J connectivity index is 0.000000480. The maximum absolute atomic E-state index is 13.8. The predicted octanol–water partition coefficient (Wildman–Crippen LogP) is 3.05. The number of hydrogen-bond acceptors (Lipinski definition) is 6. The molecular formula is C19H24BFN2O4S. The molecule has 0 aliphatic carbocycles. The molecule has 28 heavy (non-hydrogen) atoms. The van der Waals surface area contributed by atoms with E-state index in [1.165, 1.54) is 12.1 Å². The van der Waals surface area contributed by atoms with Crippen LogP contribution < -0.4 is 10.8 Å². The Hall–Kier alpha value is -2.15. The summed E-state index contributed by atoms with van der Waals surface area (Å²) in [6, 6.07) is 4.57. The van der Waals surface area contributed by atoms with Crippen LogP contribution in [-0.4, -0.2) is 43.0 Å². The number of rotatable bonds is 3. The molecule has 0 saturated heterocycles. The minimum absolute atomic E-state index is 0.0451. The van der Waals surface area contributed by atoms with Crippen molar-refractivity contribution in [2.75, 3.05) is 18.5 Å². The molecule has 0 fully saturated rings. The van der Waals surface area contributed by atoms with Gasteiger partial charge in [0.25, 0.3) is 0 Å². The van der Waals surface area contributed by atoms with E-state index in [1.54, 1.807) is 34.6 Å². The summed E-state index contributed by atoms with van der Waals surface area (Å²) in [5, 5.41) is 29.1. The smallest absolute Gasteiger partial charge is 0.412 e. The number of thiophene rings is 1. The normalized spacial score (nSPS) is 11.4. The second-order valence-corrected chi connectivity index (χ2v) is 8.89. The van der Waals surface area contributed by atoms with E-state index in [9.17, 15) is 14.4 Å². The molecule has 2 rings (SSSR count). The van der Waals surface area contributed by atoms with Gasteiger partial charge in [-0.25, -0.2) is 9.18 Å². The highest BCUT2D eigenvalue weighted by atomic mass is 32.1. The zero-order valence-electron chi connectivity index (χ0n) is 16.6. The van der Waals surface area contributed by atoms with Gasteiger partial charge in [0.15, 0.2) is 0 Å². The number of anilines is 1. The van der Waals surface area contributed by atoms with Gasteiger partial charge in [-0.2, -0.15) is 5.26 Å². The Morgan fingerprint density at radius 3 is 2.29 bits per heavy atom. The molecule has 1 aromatic carbocycles. The average molecular weight is 406 g/mol. The van der Waals surface area contributed by atoms with E-state index < -0.39 is 17.5 Å². The molecule has 1 amide bonds. The number of ether oxygens (including phenoxy) is 1. The summed E-state index contributed by atoms with van der Waals surface area (Å²) in [7, 11) is 5.79. The summed E-state index contributed by atoms with van der Waals surface area (Å²) in [4.78, 5) is 11.8. The zero-order chi connectivity index (χ0) is 21.7. The van der Waals surface area contributed by atoms with Crippen molar-refractivity contribution in [1.82, 2.24) is 0 Å². The van der Waals surface area contributed by atoms with Crippen LogP contribution in [-0.2, 0) is 4.74 Å². The zero-order valence-corrected chi connectivity index (χ0v) is 17.4. The van der Waals surface area contributed by atoms with Crippen molar-refractivity contribution in [2.45, 2.75) is 40.2 Å². The SMILES string of the molecule is CC(C)(CO)CO.[B]c1ccc(F)c2sc(NC(=O)OC(C)(C)C)c(C#N)c12. The summed E-state index contributed by atoms with van der Waals surface area (Å²) in [5.41, 5.74) is -0.549. The maximum Gasteiger partial charge on any atom is 0.412 e. The van der Waals surface area contributed by atoms with Crippen molar-refractivity contribution >= 4 is 45.8 Å². The monoisotopic (exact) mass is 406 g/mol. The Morgan fingerprint density at radius 2 is 1.86 bits per heavy atom. The molecular weight excluding hydrogens is 382 g/mol. The molecule has 150 valence electrons. The van der Waals surface area contributed by atoms with Crippen LogP contribution in [0.1, 0.15) is 40.2 Å². The number of nitriles is 1. The topological polar surface area (TPSA) is 103 Å². The highest BCUT2D eigenvalue weighted by Crippen LogP contribution is 2.35. The maximum atomic E-state index is 13.8. The van der Waals surface area contributed by atoms with Gasteiger partial charge in [0.05, 0.1) is 23.5 Å². The number of aliphatic hydroxyl groups is 2. The number of carbonyl (C=O) groups is 1. The number of halogens is 1. The lowest BCUT2D eigenvalue weighted by Crippen LogP contribution is -2.27. The minimum Gasteiger partial charge on any atom is -0.444 e. The van der Waals surface area contributed by atoms with Gasteiger partial charge < -0.3 is 14.9 Å². The highest BCUT2D eigenvalue weighted by molar-refractivity contribution is 7.23. The molecule has 6 nitrogen and oxygen atoms in total. The number of carbonyl (C=O) groups excluding carboxylic acids is 1. The van der Waals surface area contributed by atoms with Crippen molar-refractivity contribution in [3.05, 3.63) is 23.5 Å². The average Bonchev–Trinajstić information content (AvgIpc) is 2.96. The quantitative estimate of drug-likeness (QED) is 0.680. The molecule has 1 heterocycles. The summed E-state index contributed by atoms with van der Waals surface area (Å²) in [6.45, 7) is 8.86. The van der Waals surface area contributed by atoms with E-state index in [0.29, 0.717) is 5.39 Å². The first-order valence-electron chi connectivity index (χ1n) is 8.47. The molecule has 0 atom stereocenters. The molecule has 0 saturated carbocycles. The van der Waals surface area contributed by atoms with Crippen LogP contribution in [0.15, 0.2) is 12.1 Å². The van der Waals surface area contributed by atoms with Gasteiger partial charge in [-0.1, -0.05) is 25.4 Å². The molecule has 2 aromatic rings. The van der Waals surface area contributed by atoms with Crippen LogP contribution in [0.2, 0.25) is 0 Å². The minimum atomic E-state index is -0.704. The third-order valence-electron chi connectivity index (χ3n) is 3.41. The Bertz CT molecular complexity index is 879. The predicted molar refractivity (Wildman–Crippen MR) is 110 cm³/mol. The van der Waals surface area contributed by atoms with Gasteiger partial charge in [0, 0.05) is 10.8 Å². The van der Waals surface area contributed by atoms with E-state index in [2.05, 4.69) is 5.32 Å². The van der Waals surface area contributed by atoms with Gasteiger partial charge in [0.1, 0.15) is 30.3 Å². The summed E-state index contributed by atoms with van der Waals surface area (Å²) in [5.74, 6) is -0.488. The number of aliphatic hydroxyl groups excluding tert-OH is 2. The van der Waals surface area contributed by atoms with Crippen LogP contribution in [0.25, 0.3) is 10.1 Å². The van der Waals surface area contributed by atoms with E-state index in [0.717, 1.165) is 11.3 Å². The molecule has 0 bridgehead atoms. The number of fused-ring (bicyclic) bond motifs is 1. The van der Waals surface area contributed by atoms with Crippen LogP contribution in [0.4, 0.5) is 14.2 Å². The Morgan fingerprint density at radius 1 is 1.29 bits per heavy atom. The fourth-order valence-corrected chi connectivity index (χ4v) is 2.91. The number of nitrogens with one attached hydrogen (secondary N) is 1. The lowest BCUT2D eigenvalue weighted by Gasteiger charge is -2.19. The van der Waals surface area contributed by atoms with Crippen LogP contribution >= 0.6 is 11.3 Å². The first-order valence-corrected chi connectivity index (χ1v) is 9.29. The second-order valence-electron chi connectivity index (χ2n) is 7.87. The van der Waals surface area contributed by atoms with Crippen LogP contribution in [0.5, 0.6) is 0 Å². The van der Waals surface area contributed by atoms with Crippen molar-refractivity contribution < 1.29 is 24.1 Å². The summed E-state index contributed by atoms with van der Waals surface area (Å²) >= 11 is 0.954. The number of nitrogens with zero attached hydrogens (tertiary/aromatic N) is 1. The largest absolute Gasteiger partial charge is 0.444 e. The van der Waals surface area contributed by atoms with Crippen LogP contribution in [0, 0.1) is 22.6 Å². The highest BCUT2D eigenvalue weighted by Gasteiger charge is 2.21. The van der Waals surface area contributed by atoms with Crippen LogP contribution in [0.3, 0.4) is 0 Å². The van der Waals surface area contributed by atoms with Gasteiger partial charge in [-0.15, -0.1) is 11.3 Å². The molecule has 0 aliphatic heterocycles. The lowest BCUT2D eigenvalue weighted by molar-refractivity contribution is 0.0636. The lowest BCUT2D eigenvalue weighted by atomic mass is 9.91. The van der Waals surface area contributed by atoms with E-state index >= 15 is 0 Å². The van der Waals surface area contributed by atoms with Gasteiger partial charge >= 0.3 is 6.09 Å². The van der Waals surface area contributed by atoms with Crippen molar-refractivity contribution in [3.8, 4) is 6.07 Å². The third kappa shape index (κ3) is 6.48. The van der Waals surface area contributed by atoms with Gasteiger partial charge in [-0.05, 0) is 26.8 Å². The van der Waals surface area contributed by atoms with Crippen molar-refractivity contribution in [3.63, 3.8) is 0 Å². The first kappa shape index (κ1) is 23.9. The van der Waals surface area contributed by atoms with Crippen molar-refractivity contribution in [1.29, 1.82) is 5.26 Å². The molecule has 0 unspecified atom stereocenters. The fraction of sp³-hybridized carbons (Fsp3) is 0.474. The summed E-state index contributed by atoms with van der Waals surface area (Å²) in [6.07, 6.45) is -0.704. The van der Waals surface area contributed by atoms with Crippen molar-refractivity contribution in [2.24, 2.45) is 5.41 Å². The Kier molecular flexibility index (Phi) is 7.99. The van der Waals surface area contributed by atoms with Gasteiger partial charge in [-0.3, -0.25) is 5.32 Å². The molecule has 9 heteroatoms. The first-order chi connectivity index (χ1) is 12.8. The number of hydrogen-bond donors (Lipinski definition) is 3. The van der Waals surface area contributed by atoms with E-state index in [1.807, 2.05) is 6.07 Å². The number of benzene rings is 1. The molecule has 1 aromatic heterocycles. The fourth-order valence-electron chi connectivity index (χ4n) is 1.84. The number of amides is 1. The molecule has 0 aliphatic rings. The molecule has 0 spiro atoms. The Labute approximate surface area is 169 Å².